The van der Waals surface area contributed by atoms with E-state index in [1.165, 1.54) is 0 Å². The SMILES string of the molecule is COc1ccc(CCS(=O)(=O)NC[C@H](c2ccc(N(C)C)cc2)N2CCCC2)cc1. The van der Waals surface area contributed by atoms with E-state index in [0.29, 0.717) is 13.0 Å². The summed E-state index contributed by atoms with van der Waals surface area (Å²) >= 11 is 0. The Kier molecular flexibility index (Phi) is 7.75. The summed E-state index contributed by atoms with van der Waals surface area (Å²) in [6, 6.07) is 16.0. The van der Waals surface area contributed by atoms with Gasteiger partial charge in [0.15, 0.2) is 0 Å². The van der Waals surface area contributed by atoms with Gasteiger partial charge in [-0.2, -0.15) is 0 Å². The lowest BCUT2D eigenvalue weighted by Gasteiger charge is -2.28. The minimum Gasteiger partial charge on any atom is -0.497 e. The Bertz CT molecular complexity index is 890. The van der Waals surface area contributed by atoms with Crippen LogP contribution in [-0.2, 0) is 16.4 Å². The van der Waals surface area contributed by atoms with E-state index < -0.39 is 10.0 Å². The highest BCUT2D eigenvalue weighted by molar-refractivity contribution is 7.89. The zero-order valence-corrected chi connectivity index (χ0v) is 19.0. The van der Waals surface area contributed by atoms with Crippen LogP contribution in [0.15, 0.2) is 48.5 Å². The first-order valence-electron chi connectivity index (χ1n) is 10.5. The maximum Gasteiger partial charge on any atom is 0.211 e. The van der Waals surface area contributed by atoms with Gasteiger partial charge in [0.1, 0.15) is 5.75 Å². The largest absolute Gasteiger partial charge is 0.497 e. The number of nitrogens with zero attached hydrogens (tertiary/aromatic N) is 2. The summed E-state index contributed by atoms with van der Waals surface area (Å²) in [5.74, 6) is 0.847. The number of rotatable bonds is 10. The fourth-order valence-electron chi connectivity index (χ4n) is 3.83. The summed E-state index contributed by atoms with van der Waals surface area (Å²) in [7, 11) is 2.29. The van der Waals surface area contributed by atoms with Gasteiger partial charge in [-0.15, -0.1) is 0 Å². The number of aryl methyl sites for hydroxylation is 1. The lowest BCUT2D eigenvalue weighted by atomic mass is 10.1. The van der Waals surface area contributed by atoms with Gasteiger partial charge in [0.05, 0.1) is 12.9 Å². The summed E-state index contributed by atoms with van der Waals surface area (Å²) in [5, 5.41) is 0. The molecule has 0 spiro atoms. The van der Waals surface area contributed by atoms with Crippen LogP contribution in [-0.4, -0.2) is 59.9 Å². The van der Waals surface area contributed by atoms with Gasteiger partial charge in [-0.25, -0.2) is 13.1 Å². The molecule has 1 fully saturated rings. The van der Waals surface area contributed by atoms with Crippen molar-refractivity contribution >= 4 is 15.7 Å². The third-order valence-corrected chi connectivity index (χ3v) is 7.04. The summed E-state index contributed by atoms with van der Waals surface area (Å²) in [4.78, 5) is 4.45. The van der Waals surface area contributed by atoms with Crippen molar-refractivity contribution in [2.24, 2.45) is 0 Å². The third kappa shape index (κ3) is 6.20. The monoisotopic (exact) mass is 431 g/mol. The molecule has 1 atom stereocenters. The fourth-order valence-corrected chi connectivity index (χ4v) is 4.89. The predicted octanol–water partition coefficient (Wildman–Crippen LogP) is 3.06. The van der Waals surface area contributed by atoms with E-state index in [0.717, 1.165) is 48.5 Å². The molecule has 0 unspecified atom stereocenters. The Morgan fingerprint density at radius 3 is 2.23 bits per heavy atom. The Hall–Kier alpha value is -2.09. The molecule has 1 aliphatic heterocycles. The van der Waals surface area contributed by atoms with Gasteiger partial charge in [0, 0.05) is 32.4 Å². The van der Waals surface area contributed by atoms with E-state index in [4.69, 9.17) is 4.74 Å². The fraction of sp³-hybridized carbons (Fsp3) is 0.478. The average molecular weight is 432 g/mol. The van der Waals surface area contributed by atoms with Gasteiger partial charge in [-0.05, 0) is 67.7 Å². The number of anilines is 1. The van der Waals surface area contributed by atoms with Crippen LogP contribution in [0.25, 0.3) is 0 Å². The first kappa shape index (κ1) is 22.6. The smallest absolute Gasteiger partial charge is 0.211 e. The molecule has 7 heteroatoms. The normalized spacial score (nSPS) is 15.8. The number of nitrogens with one attached hydrogen (secondary N) is 1. The predicted molar refractivity (Wildman–Crippen MR) is 123 cm³/mol. The molecule has 1 saturated heterocycles. The molecule has 164 valence electrons. The molecule has 1 N–H and O–H groups in total. The highest BCUT2D eigenvalue weighted by Gasteiger charge is 2.25. The van der Waals surface area contributed by atoms with E-state index in [-0.39, 0.29) is 11.8 Å². The quantitative estimate of drug-likeness (QED) is 0.627. The van der Waals surface area contributed by atoms with Crippen molar-refractivity contribution < 1.29 is 13.2 Å². The standard InChI is InChI=1S/C23H33N3O3S/c1-25(2)21-10-8-20(9-11-21)23(26-15-4-5-16-26)18-24-30(27,28)17-14-19-6-12-22(29-3)13-7-19/h6-13,23-24H,4-5,14-18H2,1-3H3/t23-/m1/s1. The van der Waals surface area contributed by atoms with Gasteiger partial charge in [-0.3, -0.25) is 4.90 Å². The van der Waals surface area contributed by atoms with E-state index in [2.05, 4.69) is 38.8 Å². The van der Waals surface area contributed by atoms with E-state index in [9.17, 15) is 8.42 Å². The Morgan fingerprint density at radius 2 is 1.67 bits per heavy atom. The van der Waals surface area contributed by atoms with Crippen LogP contribution < -0.4 is 14.4 Å². The maximum atomic E-state index is 12.7. The molecular formula is C23H33N3O3S. The van der Waals surface area contributed by atoms with Crippen LogP contribution in [0, 0.1) is 0 Å². The topological polar surface area (TPSA) is 61.9 Å². The van der Waals surface area contributed by atoms with Crippen LogP contribution in [0.3, 0.4) is 0 Å². The second-order valence-electron chi connectivity index (χ2n) is 8.01. The Labute approximate surface area is 180 Å². The van der Waals surface area contributed by atoms with Crippen molar-refractivity contribution in [1.29, 1.82) is 0 Å². The second-order valence-corrected chi connectivity index (χ2v) is 9.94. The molecular weight excluding hydrogens is 398 g/mol. The van der Waals surface area contributed by atoms with E-state index >= 15 is 0 Å². The minimum atomic E-state index is -3.37. The number of ether oxygens (including phenoxy) is 1. The molecule has 1 heterocycles. The van der Waals surface area contributed by atoms with Gasteiger partial charge in [0.25, 0.3) is 0 Å². The number of methoxy groups -OCH3 is 1. The molecule has 1 aliphatic rings. The summed E-state index contributed by atoms with van der Waals surface area (Å²) in [5.41, 5.74) is 3.27. The van der Waals surface area contributed by atoms with Crippen molar-refractivity contribution in [3.63, 3.8) is 0 Å². The molecule has 0 amide bonds. The third-order valence-electron chi connectivity index (χ3n) is 5.69. The molecule has 2 aromatic carbocycles. The summed E-state index contributed by atoms with van der Waals surface area (Å²) in [6.07, 6.45) is 2.80. The summed E-state index contributed by atoms with van der Waals surface area (Å²) < 4.78 is 33.3. The van der Waals surface area contributed by atoms with Gasteiger partial charge in [0.2, 0.25) is 10.0 Å². The molecule has 30 heavy (non-hydrogen) atoms. The zero-order chi connectivity index (χ0) is 21.6. The molecule has 0 bridgehead atoms. The molecule has 0 aliphatic carbocycles. The van der Waals surface area contributed by atoms with Crippen LogP contribution >= 0.6 is 0 Å². The van der Waals surface area contributed by atoms with Crippen molar-refractivity contribution in [1.82, 2.24) is 9.62 Å². The lowest BCUT2D eigenvalue weighted by molar-refractivity contribution is 0.246. The number of hydrogen-bond acceptors (Lipinski definition) is 5. The van der Waals surface area contributed by atoms with Crippen molar-refractivity contribution in [3.8, 4) is 5.75 Å². The van der Waals surface area contributed by atoms with Gasteiger partial charge in [-0.1, -0.05) is 24.3 Å². The summed E-state index contributed by atoms with van der Waals surface area (Å²) in [6.45, 7) is 2.41. The van der Waals surface area contributed by atoms with Crippen LogP contribution in [0.4, 0.5) is 5.69 Å². The number of benzene rings is 2. The number of likely N-dealkylation sites (tertiary alicyclic amines) is 1. The number of hydrogen-bond donors (Lipinski definition) is 1. The van der Waals surface area contributed by atoms with Crippen molar-refractivity contribution in [2.75, 3.05) is 51.5 Å². The van der Waals surface area contributed by atoms with Gasteiger partial charge >= 0.3 is 0 Å². The maximum absolute atomic E-state index is 12.7. The molecule has 0 aromatic heterocycles. The molecule has 2 aromatic rings. The Morgan fingerprint density at radius 1 is 1.03 bits per heavy atom. The van der Waals surface area contributed by atoms with Crippen LogP contribution in [0.1, 0.15) is 30.0 Å². The molecule has 6 nitrogen and oxygen atoms in total. The number of sulfonamides is 1. The first-order chi connectivity index (χ1) is 14.4. The second kappa shape index (κ2) is 10.3. The molecule has 3 rings (SSSR count). The highest BCUT2D eigenvalue weighted by Crippen LogP contribution is 2.26. The average Bonchev–Trinajstić information content (AvgIpc) is 3.28. The van der Waals surface area contributed by atoms with Gasteiger partial charge < -0.3 is 9.64 Å². The Balaban J connectivity index is 1.63. The van der Waals surface area contributed by atoms with Crippen molar-refractivity contribution in [2.45, 2.75) is 25.3 Å². The van der Waals surface area contributed by atoms with Crippen molar-refractivity contribution in [3.05, 3.63) is 59.7 Å². The van der Waals surface area contributed by atoms with Crippen LogP contribution in [0.2, 0.25) is 0 Å². The van der Waals surface area contributed by atoms with E-state index in [1.54, 1.807) is 7.11 Å². The molecule has 0 saturated carbocycles. The highest BCUT2D eigenvalue weighted by atomic mass is 32.2. The first-order valence-corrected chi connectivity index (χ1v) is 12.1. The lowest BCUT2D eigenvalue weighted by Crippen LogP contribution is -2.38. The minimum absolute atomic E-state index is 0.0551. The van der Waals surface area contributed by atoms with Crippen LogP contribution in [0.5, 0.6) is 5.75 Å². The van der Waals surface area contributed by atoms with E-state index in [1.807, 2.05) is 38.4 Å². The molecule has 0 radical (unpaired) electrons. The zero-order valence-electron chi connectivity index (χ0n) is 18.2.